The number of anilines is 1. The van der Waals surface area contributed by atoms with Crippen molar-refractivity contribution in [2.24, 2.45) is 0 Å². The molecule has 0 aliphatic carbocycles. The average molecular weight is 370 g/mol. The van der Waals surface area contributed by atoms with Gasteiger partial charge in [-0.05, 0) is 56.2 Å². The zero-order chi connectivity index (χ0) is 18.5. The summed E-state index contributed by atoms with van der Waals surface area (Å²) in [6.45, 7) is 4.95. The number of carbonyl (C=O) groups is 2. The van der Waals surface area contributed by atoms with Gasteiger partial charge in [0.25, 0.3) is 5.91 Å². The molecule has 0 saturated heterocycles. The summed E-state index contributed by atoms with van der Waals surface area (Å²) in [5.74, 6) is 0.656. The van der Waals surface area contributed by atoms with Crippen LogP contribution < -0.4 is 15.4 Å². The highest BCUT2D eigenvalue weighted by atomic mass is 32.2. The maximum atomic E-state index is 12.3. The van der Waals surface area contributed by atoms with Crippen molar-refractivity contribution >= 4 is 29.3 Å². The predicted octanol–water partition coefficient (Wildman–Crippen LogP) is 3.63. The SMILES string of the molecule is Cc1cccc(OCCCNC(=O)c2ccc3c(c2)NC(=O)[C@H](C)S3)c1. The standard InChI is InChI=1S/C20H22N2O3S/c1-13-5-3-6-16(11-13)25-10-4-9-21-20(24)15-7-8-18-17(12-15)22-19(23)14(2)26-18/h3,5-8,11-12,14H,4,9-10H2,1-2H3,(H,21,24)(H,22,23)/t14-/m0/s1. The van der Waals surface area contributed by atoms with Gasteiger partial charge >= 0.3 is 0 Å². The van der Waals surface area contributed by atoms with Crippen molar-refractivity contribution in [3.8, 4) is 5.75 Å². The smallest absolute Gasteiger partial charge is 0.251 e. The molecule has 0 fully saturated rings. The fourth-order valence-electron chi connectivity index (χ4n) is 2.62. The van der Waals surface area contributed by atoms with Crippen molar-refractivity contribution in [1.29, 1.82) is 0 Å². The summed E-state index contributed by atoms with van der Waals surface area (Å²) >= 11 is 1.50. The Morgan fingerprint density at radius 1 is 1.27 bits per heavy atom. The molecule has 1 atom stereocenters. The number of hydrogen-bond acceptors (Lipinski definition) is 4. The minimum absolute atomic E-state index is 0.0339. The van der Waals surface area contributed by atoms with E-state index in [2.05, 4.69) is 10.6 Å². The molecule has 0 aromatic heterocycles. The van der Waals surface area contributed by atoms with Crippen LogP contribution in [0.25, 0.3) is 0 Å². The van der Waals surface area contributed by atoms with Crippen molar-refractivity contribution in [3.63, 3.8) is 0 Å². The highest BCUT2D eigenvalue weighted by Gasteiger charge is 2.23. The Hall–Kier alpha value is -2.47. The van der Waals surface area contributed by atoms with E-state index >= 15 is 0 Å². The topological polar surface area (TPSA) is 67.4 Å². The number of ether oxygens (including phenoxy) is 1. The second-order valence-electron chi connectivity index (χ2n) is 6.23. The Labute approximate surface area is 157 Å². The van der Waals surface area contributed by atoms with E-state index in [0.717, 1.165) is 16.2 Å². The molecule has 1 aliphatic heterocycles. The summed E-state index contributed by atoms with van der Waals surface area (Å²) in [5.41, 5.74) is 2.40. The summed E-state index contributed by atoms with van der Waals surface area (Å²) in [5, 5.41) is 5.61. The number of hydrogen-bond donors (Lipinski definition) is 2. The second-order valence-corrected chi connectivity index (χ2v) is 7.62. The van der Waals surface area contributed by atoms with E-state index < -0.39 is 0 Å². The molecule has 0 bridgehead atoms. The van der Waals surface area contributed by atoms with E-state index in [0.29, 0.717) is 30.8 Å². The quantitative estimate of drug-likeness (QED) is 0.762. The largest absolute Gasteiger partial charge is 0.494 e. The molecule has 2 aromatic carbocycles. The molecule has 2 N–H and O–H groups in total. The summed E-state index contributed by atoms with van der Waals surface area (Å²) < 4.78 is 5.67. The molecule has 1 heterocycles. The Balaban J connectivity index is 1.46. The van der Waals surface area contributed by atoms with Crippen molar-refractivity contribution in [2.45, 2.75) is 30.4 Å². The summed E-state index contributed by atoms with van der Waals surface area (Å²) in [4.78, 5) is 25.0. The second kappa shape index (κ2) is 8.27. The molecule has 0 unspecified atom stereocenters. The van der Waals surface area contributed by atoms with Crippen LogP contribution in [0.1, 0.15) is 29.3 Å². The number of amides is 2. The normalized spacial score (nSPS) is 15.8. The van der Waals surface area contributed by atoms with Gasteiger partial charge in [-0.2, -0.15) is 0 Å². The minimum Gasteiger partial charge on any atom is -0.494 e. The predicted molar refractivity (Wildman–Crippen MR) is 104 cm³/mol. The van der Waals surface area contributed by atoms with E-state index in [-0.39, 0.29) is 17.1 Å². The van der Waals surface area contributed by atoms with Gasteiger partial charge in [0.2, 0.25) is 5.91 Å². The van der Waals surface area contributed by atoms with Crippen LogP contribution in [0.4, 0.5) is 5.69 Å². The van der Waals surface area contributed by atoms with Gasteiger partial charge in [-0.1, -0.05) is 12.1 Å². The van der Waals surface area contributed by atoms with Gasteiger partial charge in [0, 0.05) is 17.0 Å². The highest BCUT2D eigenvalue weighted by molar-refractivity contribution is 8.00. The molecule has 26 heavy (non-hydrogen) atoms. The lowest BCUT2D eigenvalue weighted by molar-refractivity contribution is -0.115. The van der Waals surface area contributed by atoms with Crippen molar-refractivity contribution in [2.75, 3.05) is 18.5 Å². The average Bonchev–Trinajstić information content (AvgIpc) is 2.62. The van der Waals surface area contributed by atoms with Gasteiger partial charge in [-0.3, -0.25) is 9.59 Å². The van der Waals surface area contributed by atoms with E-state index in [1.54, 1.807) is 12.1 Å². The number of thioether (sulfide) groups is 1. The van der Waals surface area contributed by atoms with E-state index in [1.165, 1.54) is 11.8 Å². The lowest BCUT2D eigenvalue weighted by Gasteiger charge is -2.21. The highest BCUT2D eigenvalue weighted by Crippen LogP contribution is 2.35. The first-order valence-corrected chi connectivity index (χ1v) is 9.50. The van der Waals surface area contributed by atoms with Crippen LogP contribution in [0, 0.1) is 6.92 Å². The van der Waals surface area contributed by atoms with E-state index in [9.17, 15) is 9.59 Å². The molecule has 2 amide bonds. The maximum Gasteiger partial charge on any atom is 0.251 e. The zero-order valence-electron chi connectivity index (χ0n) is 14.9. The van der Waals surface area contributed by atoms with Crippen molar-refractivity contribution in [1.82, 2.24) is 5.32 Å². The Morgan fingerprint density at radius 2 is 2.12 bits per heavy atom. The van der Waals surface area contributed by atoms with Crippen LogP contribution in [0.3, 0.4) is 0 Å². The lowest BCUT2D eigenvalue weighted by atomic mass is 10.1. The van der Waals surface area contributed by atoms with Crippen molar-refractivity contribution < 1.29 is 14.3 Å². The number of nitrogens with one attached hydrogen (secondary N) is 2. The number of aryl methyl sites for hydroxylation is 1. The first-order valence-electron chi connectivity index (χ1n) is 8.62. The number of rotatable bonds is 6. The molecule has 136 valence electrons. The molecule has 5 nitrogen and oxygen atoms in total. The lowest BCUT2D eigenvalue weighted by Crippen LogP contribution is -2.28. The first-order chi connectivity index (χ1) is 12.5. The number of carbonyl (C=O) groups excluding carboxylic acids is 2. The Bertz CT molecular complexity index is 822. The number of benzene rings is 2. The molecule has 2 aromatic rings. The summed E-state index contributed by atoms with van der Waals surface area (Å²) in [7, 11) is 0. The van der Waals surface area contributed by atoms with Gasteiger partial charge < -0.3 is 15.4 Å². The Morgan fingerprint density at radius 3 is 2.92 bits per heavy atom. The van der Waals surface area contributed by atoms with Crippen LogP contribution in [0.5, 0.6) is 5.75 Å². The van der Waals surface area contributed by atoms with Crippen LogP contribution in [-0.2, 0) is 4.79 Å². The summed E-state index contributed by atoms with van der Waals surface area (Å²) in [6, 6.07) is 13.3. The van der Waals surface area contributed by atoms with Gasteiger partial charge in [0.05, 0.1) is 17.5 Å². The van der Waals surface area contributed by atoms with Gasteiger partial charge in [-0.25, -0.2) is 0 Å². The van der Waals surface area contributed by atoms with Crippen molar-refractivity contribution in [3.05, 3.63) is 53.6 Å². The van der Waals surface area contributed by atoms with Crippen LogP contribution in [-0.4, -0.2) is 30.2 Å². The first kappa shape index (κ1) is 18.3. The molecule has 0 radical (unpaired) electrons. The van der Waals surface area contributed by atoms with Crippen LogP contribution >= 0.6 is 11.8 Å². The van der Waals surface area contributed by atoms with Gasteiger partial charge in [-0.15, -0.1) is 11.8 Å². The fourth-order valence-corrected chi connectivity index (χ4v) is 3.55. The van der Waals surface area contributed by atoms with Crippen LogP contribution in [0.2, 0.25) is 0 Å². The third kappa shape index (κ3) is 4.58. The van der Waals surface area contributed by atoms with E-state index in [4.69, 9.17) is 4.74 Å². The van der Waals surface area contributed by atoms with Gasteiger partial charge in [0.1, 0.15) is 5.75 Å². The minimum atomic E-state index is -0.152. The molecular formula is C20H22N2O3S. The summed E-state index contributed by atoms with van der Waals surface area (Å²) in [6.07, 6.45) is 0.717. The molecule has 0 spiro atoms. The van der Waals surface area contributed by atoms with E-state index in [1.807, 2.05) is 44.2 Å². The molecule has 0 saturated carbocycles. The molecule has 1 aliphatic rings. The maximum absolute atomic E-state index is 12.3. The molecular weight excluding hydrogens is 348 g/mol. The van der Waals surface area contributed by atoms with Crippen LogP contribution in [0.15, 0.2) is 47.4 Å². The fraction of sp³-hybridized carbons (Fsp3) is 0.300. The monoisotopic (exact) mass is 370 g/mol. The third-order valence-electron chi connectivity index (χ3n) is 4.04. The van der Waals surface area contributed by atoms with Gasteiger partial charge in [0.15, 0.2) is 0 Å². The molecule has 6 heteroatoms. The molecule has 3 rings (SSSR count). The number of fused-ring (bicyclic) bond motifs is 1. The Kier molecular flexibility index (Phi) is 5.83. The third-order valence-corrected chi connectivity index (χ3v) is 5.22. The zero-order valence-corrected chi connectivity index (χ0v) is 15.7.